The van der Waals surface area contributed by atoms with Crippen LogP contribution in [0.15, 0.2) is 72.8 Å². The Labute approximate surface area is 279 Å². The highest BCUT2D eigenvalue weighted by atomic mass is 16.5. The molecule has 0 radical (unpaired) electrons. The van der Waals surface area contributed by atoms with Crippen molar-refractivity contribution in [2.45, 2.75) is 71.2 Å². The van der Waals surface area contributed by atoms with Crippen LogP contribution in [0.4, 0.5) is 5.69 Å². The van der Waals surface area contributed by atoms with Crippen molar-refractivity contribution < 1.29 is 28.9 Å². The summed E-state index contributed by atoms with van der Waals surface area (Å²) in [6.45, 7) is 8.16. The summed E-state index contributed by atoms with van der Waals surface area (Å²) in [5.74, 6) is 0.820. The van der Waals surface area contributed by atoms with E-state index in [2.05, 4.69) is 36.3 Å². The number of anilines is 1. The van der Waals surface area contributed by atoms with Gasteiger partial charge in [0.25, 0.3) is 5.91 Å². The standard InChI is InChI=1S/C38H51N3O6/c1-27-23-41(28(2)26-42)38(44)34-22-32(39-37(43)21-30-12-7-6-8-13-30)16-19-35(34)47-29(3)11-9-10-20-46-36(27)25-40(4)24-31-14-17-33(45-5)18-15-31/h6-8,12-19,22,27-29,36,42H,9-11,20-21,23-26H2,1-5H3,(H,39,43)/t27-,28+,29+,36-/m1/s1. The zero-order valence-electron chi connectivity index (χ0n) is 28.5. The van der Waals surface area contributed by atoms with Crippen molar-refractivity contribution in [3.8, 4) is 11.5 Å². The summed E-state index contributed by atoms with van der Waals surface area (Å²) in [6.07, 6.45) is 2.58. The van der Waals surface area contributed by atoms with Gasteiger partial charge in [-0.25, -0.2) is 0 Å². The smallest absolute Gasteiger partial charge is 0.258 e. The van der Waals surface area contributed by atoms with Crippen LogP contribution in [0.1, 0.15) is 61.5 Å². The molecular formula is C38H51N3O6. The van der Waals surface area contributed by atoms with Crippen LogP contribution in [0, 0.1) is 5.92 Å². The minimum absolute atomic E-state index is 0.0359. The fraction of sp³-hybridized carbons (Fsp3) is 0.474. The lowest BCUT2D eigenvalue weighted by molar-refractivity contribution is -0.115. The van der Waals surface area contributed by atoms with Crippen LogP contribution >= 0.6 is 0 Å². The number of methoxy groups -OCH3 is 1. The van der Waals surface area contributed by atoms with Crippen molar-refractivity contribution >= 4 is 17.5 Å². The van der Waals surface area contributed by atoms with E-state index in [1.54, 1.807) is 30.2 Å². The molecule has 0 unspecified atom stereocenters. The van der Waals surface area contributed by atoms with E-state index in [9.17, 15) is 14.7 Å². The Morgan fingerprint density at radius 2 is 1.81 bits per heavy atom. The van der Waals surface area contributed by atoms with E-state index < -0.39 is 6.04 Å². The molecule has 9 heteroatoms. The Balaban J connectivity index is 1.57. The van der Waals surface area contributed by atoms with E-state index in [0.717, 1.165) is 37.1 Å². The highest BCUT2D eigenvalue weighted by molar-refractivity contribution is 6.00. The first kappa shape index (κ1) is 35.9. The van der Waals surface area contributed by atoms with Gasteiger partial charge in [0.15, 0.2) is 0 Å². The van der Waals surface area contributed by atoms with E-state index in [1.165, 1.54) is 5.56 Å². The first-order chi connectivity index (χ1) is 22.7. The fourth-order valence-corrected chi connectivity index (χ4v) is 5.86. The summed E-state index contributed by atoms with van der Waals surface area (Å²) in [5, 5.41) is 13.2. The zero-order chi connectivity index (χ0) is 33.8. The summed E-state index contributed by atoms with van der Waals surface area (Å²) in [5.41, 5.74) is 2.94. The molecule has 0 fully saturated rings. The number of carbonyl (C=O) groups is 2. The second kappa shape index (κ2) is 17.8. The number of hydrogen-bond donors (Lipinski definition) is 2. The van der Waals surface area contributed by atoms with E-state index in [-0.39, 0.29) is 43.0 Å². The Hall–Kier alpha value is -3.92. The average Bonchev–Trinajstić information content (AvgIpc) is 3.06. The third-order valence-corrected chi connectivity index (χ3v) is 8.65. The Bertz CT molecular complexity index is 1420. The van der Waals surface area contributed by atoms with E-state index >= 15 is 0 Å². The number of nitrogens with zero attached hydrogens (tertiary/aromatic N) is 2. The van der Waals surface area contributed by atoms with E-state index in [4.69, 9.17) is 14.2 Å². The molecule has 0 saturated heterocycles. The number of nitrogens with one attached hydrogen (secondary N) is 1. The second-order valence-corrected chi connectivity index (χ2v) is 12.8. The molecular weight excluding hydrogens is 594 g/mol. The molecule has 1 heterocycles. The first-order valence-electron chi connectivity index (χ1n) is 16.7. The quantitative estimate of drug-likeness (QED) is 0.287. The van der Waals surface area contributed by atoms with Gasteiger partial charge >= 0.3 is 0 Å². The number of rotatable bonds is 10. The molecule has 1 aliphatic rings. The molecule has 0 aliphatic carbocycles. The highest BCUT2D eigenvalue weighted by Crippen LogP contribution is 2.29. The number of amides is 2. The molecule has 0 spiro atoms. The summed E-state index contributed by atoms with van der Waals surface area (Å²) in [4.78, 5) is 31.2. The SMILES string of the molecule is COc1ccc(CN(C)C[C@H]2OCCCC[C@H](C)Oc3ccc(NC(=O)Cc4ccccc4)cc3C(=O)N([C@@H](C)CO)C[C@H]2C)cc1. The molecule has 4 atom stereocenters. The van der Waals surface area contributed by atoms with Gasteiger partial charge in [0.05, 0.1) is 44.0 Å². The fourth-order valence-electron chi connectivity index (χ4n) is 5.86. The molecule has 9 nitrogen and oxygen atoms in total. The second-order valence-electron chi connectivity index (χ2n) is 12.8. The molecule has 4 rings (SSSR count). The molecule has 254 valence electrons. The van der Waals surface area contributed by atoms with Crippen molar-refractivity contribution in [2.24, 2.45) is 5.92 Å². The third-order valence-electron chi connectivity index (χ3n) is 8.65. The average molecular weight is 646 g/mol. The molecule has 0 saturated carbocycles. The predicted octanol–water partition coefficient (Wildman–Crippen LogP) is 5.80. The number of fused-ring (bicyclic) bond motifs is 1. The molecule has 3 aromatic carbocycles. The topological polar surface area (TPSA) is 101 Å². The normalized spacial score (nSPS) is 20.1. The van der Waals surface area contributed by atoms with Crippen LogP contribution in [0.25, 0.3) is 0 Å². The molecule has 47 heavy (non-hydrogen) atoms. The lowest BCUT2D eigenvalue weighted by Crippen LogP contribution is -2.47. The number of hydrogen-bond acceptors (Lipinski definition) is 7. The molecule has 0 aromatic heterocycles. The highest BCUT2D eigenvalue weighted by Gasteiger charge is 2.30. The Morgan fingerprint density at radius 3 is 2.51 bits per heavy atom. The maximum Gasteiger partial charge on any atom is 0.258 e. The Kier molecular flexibility index (Phi) is 13.6. The summed E-state index contributed by atoms with van der Waals surface area (Å²) >= 11 is 0. The number of likely N-dealkylation sites (N-methyl/N-ethyl adjacent to an activating group) is 1. The Morgan fingerprint density at radius 1 is 1.06 bits per heavy atom. The van der Waals surface area contributed by atoms with Crippen molar-refractivity contribution in [2.75, 3.05) is 45.8 Å². The lowest BCUT2D eigenvalue weighted by Gasteiger charge is -2.36. The molecule has 1 aliphatic heterocycles. The summed E-state index contributed by atoms with van der Waals surface area (Å²) in [7, 11) is 3.74. The lowest BCUT2D eigenvalue weighted by atomic mass is 10.0. The van der Waals surface area contributed by atoms with Gasteiger partial charge in [-0.15, -0.1) is 0 Å². The van der Waals surface area contributed by atoms with Crippen LogP contribution in [0.5, 0.6) is 11.5 Å². The first-order valence-corrected chi connectivity index (χ1v) is 16.7. The van der Waals surface area contributed by atoms with Gasteiger partial charge in [0.2, 0.25) is 5.91 Å². The van der Waals surface area contributed by atoms with Crippen molar-refractivity contribution in [1.29, 1.82) is 0 Å². The number of aliphatic hydroxyl groups excluding tert-OH is 1. The van der Waals surface area contributed by atoms with Crippen molar-refractivity contribution in [3.05, 3.63) is 89.5 Å². The summed E-state index contributed by atoms with van der Waals surface area (Å²) < 4.78 is 18.1. The van der Waals surface area contributed by atoms with Crippen LogP contribution in [-0.4, -0.2) is 85.4 Å². The maximum atomic E-state index is 14.4. The maximum absolute atomic E-state index is 14.4. The molecule has 3 aromatic rings. The molecule has 2 N–H and O–H groups in total. The van der Waals surface area contributed by atoms with Gasteiger partial charge in [0.1, 0.15) is 11.5 Å². The van der Waals surface area contributed by atoms with Gasteiger partial charge in [-0.05, 0) is 81.6 Å². The number of benzene rings is 3. The van der Waals surface area contributed by atoms with Gasteiger partial charge in [-0.3, -0.25) is 14.5 Å². The van der Waals surface area contributed by atoms with Gasteiger partial charge in [0, 0.05) is 37.8 Å². The minimum atomic E-state index is -0.447. The third kappa shape index (κ3) is 10.8. The van der Waals surface area contributed by atoms with Gasteiger partial charge in [-0.1, -0.05) is 49.4 Å². The van der Waals surface area contributed by atoms with Crippen molar-refractivity contribution in [3.63, 3.8) is 0 Å². The van der Waals surface area contributed by atoms with Crippen LogP contribution in [0.3, 0.4) is 0 Å². The number of ether oxygens (including phenoxy) is 3. The number of carbonyl (C=O) groups excluding carboxylic acids is 2. The minimum Gasteiger partial charge on any atom is -0.497 e. The van der Waals surface area contributed by atoms with E-state index in [0.29, 0.717) is 36.7 Å². The van der Waals surface area contributed by atoms with Gasteiger partial charge < -0.3 is 29.5 Å². The summed E-state index contributed by atoms with van der Waals surface area (Å²) in [6, 6.07) is 22.4. The van der Waals surface area contributed by atoms with Gasteiger partial charge in [-0.2, -0.15) is 0 Å². The van der Waals surface area contributed by atoms with Crippen LogP contribution in [0.2, 0.25) is 0 Å². The van der Waals surface area contributed by atoms with Crippen LogP contribution in [-0.2, 0) is 22.5 Å². The van der Waals surface area contributed by atoms with E-state index in [1.807, 2.05) is 56.3 Å². The zero-order valence-corrected chi connectivity index (χ0v) is 28.5. The largest absolute Gasteiger partial charge is 0.497 e. The van der Waals surface area contributed by atoms with Crippen molar-refractivity contribution in [1.82, 2.24) is 9.80 Å². The molecule has 2 amide bonds. The molecule has 0 bridgehead atoms. The predicted molar refractivity (Wildman–Crippen MR) is 185 cm³/mol. The van der Waals surface area contributed by atoms with Crippen LogP contribution < -0.4 is 14.8 Å². The monoisotopic (exact) mass is 645 g/mol. The number of aliphatic hydroxyl groups is 1.